The fraction of sp³-hybridized carbons (Fsp3) is 0.143. The Morgan fingerprint density at radius 1 is 1.54 bits per heavy atom. The Morgan fingerprint density at radius 2 is 2.38 bits per heavy atom. The largest absolute Gasteiger partial charge is 0.318 e. The molecule has 2 heterocycles. The number of nitrogens with one attached hydrogen (secondary N) is 1. The van der Waals surface area contributed by atoms with Crippen molar-refractivity contribution in [2.45, 2.75) is 6.04 Å². The van der Waals surface area contributed by atoms with Crippen LogP contribution in [-0.2, 0) is 0 Å². The molecule has 0 amide bonds. The molecule has 0 bridgehead atoms. The number of hydrogen-bond donors (Lipinski definition) is 2. The van der Waals surface area contributed by atoms with Gasteiger partial charge in [0.05, 0.1) is 6.04 Å². The molecule has 13 heavy (non-hydrogen) atoms. The van der Waals surface area contributed by atoms with E-state index in [1.54, 1.807) is 11.3 Å². The lowest BCUT2D eigenvalue weighted by Gasteiger charge is -2.05. The van der Waals surface area contributed by atoms with Gasteiger partial charge in [0.2, 0.25) is 0 Å². The molecule has 0 aliphatic heterocycles. The summed E-state index contributed by atoms with van der Waals surface area (Å²) in [6.07, 6.45) is 1.45. The van der Waals surface area contributed by atoms with Gasteiger partial charge in [-0.15, -0.1) is 0 Å². The molecule has 0 saturated heterocycles. The Kier molecular flexibility index (Phi) is 2.43. The average molecular weight is 259 g/mol. The van der Waals surface area contributed by atoms with Crippen molar-refractivity contribution in [3.05, 3.63) is 32.9 Å². The van der Waals surface area contributed by atoms with Crippen LogP contribution in [-0.4, -0.2) is 15.2 Å². The number of aromatic nitrogens is 3. The summed E-state index contributed by atoms with van der Waals surface area (Å²) >= 11 is 5.02. The molecule has 0 fully saturated rings. The van der Waals surface area contributed by atoms with Crippen molar-refractivity contribution >= 4 is 27.3 Å². The van der Waals surface area contributed by atoms with E-state index in [4.69, 9.17) is 5.73 Å². The van der Waals surface area contributed by atoms with E-state index < -0.39 is 0 Å². The third-order valence-electron chi connectivity index (χ3n) is 1.71. The predicted molar refractivity (Wildman–Crippen MR) is 54.4 cm³/mol. The normalized spacial score (nSPS) is 13.1. The first-order valence-corrected chi connectivity index (χ1v) is 5.35. The smallest absolute Gasteiger partial charge is 0.145 e. The van der Waals surface area contributed by atoms with E-state index in [-0.39, 0.29) is 6.04 Å². The molecule has 4 nitrogen and oxygen atoms in total. The topological polar surface area (TPSA) is 67.6 Å². The number of aromatic amines is 1. The number of halogens is 1. The van der Waals surface area contributed by atoms with E-state index >= 15 is 0 Å². The van der Waals surface area contributed by atoms with Gasteiger partial charge >= 0.3 is 0 Å². The van der Waals surface area contributed by atoms with Gasteiger partial charge in [-0.25, -0.2) is 4.98 Å². The second kappa shape index (κ2) is 3.57. The minimum atomic E-state index is -0.233. The van der Waals surface area contributed by atoms with Crippen LogP contribution in [0.5, 0.6) is 0 Å². The highest BCUT2D eigenvalue weighted by Crippen LogP contribution is 2.28. The Hall–Kier alpha value is -0.720. The van der Waals surface area contributed by atoms with Gasteiger partial charge in [-0.05, 0) is 21.3 Å². The van der Waals surface area contributed by atoms with E-state index in [0.717, 1.165) is 10.0 Å². The van der Waals surface area contributed by atoms with Gasteiger partial charge in [-0.2, -0.15) is 16.4 Å². The molecular weight excluding hydrogens is 252 g/mol. The molecule has 0 aliphatic rings. The summed E-state index contributed by atoms with van der Waals surface area (Å²) < 4.78 is 1.02. The Labute approximate surface area is 87.3 Å². The molecule has 2 aromatic heterocycles. The molecule has 1 unspecified atom stereocenters. The number of hydrogen-bond acceptors (Lipinski definition) is 4. The maximum absolute atomic E-state index is 5.95. The highest BCUT2D eigenvalue weighted by molar-refractivity contribution is 9.10. The van der Waals surface area contributed by atoms with E-state index in [0.29, 0.717) is 5.82 Å². The van der Waals surface area contributed by atoms with Crippen molar-refractivity contribution in [3.63, 3.8) is 0 Å². The van der Waals surface area contributed by atoms with Gasteiger partial charge in [-0.1, -0.05) is 0 Å². The summed E-state index contributed by atoms with van der Waals surface area (Å²) in [6.45, 7) is 0. The Morgan fingerprint density at radius 3 is 2.92 bits per heavy atom. The van der Waals surface area contributed by atoms with Crippen molar-refractivity contribution in [2.24, 2.45) is 5.73 Å². The number of nitrogens with zero attached hydrogens (tertiary/aromatic N) is 2. The number of thiophene rings is 1. The minimum Gasteiger partial charge on any atom is -0.318 e. The van der Waals surface area contributed by atoms with Crippen LogP contribution in [0.15, 0.2) is 21.6 Å². The summed E-state index contributed by atoms with van der Waals surface area (Å²) in [7, 11) is 0. The summed E-state index contributed by atoms with van der Waals surface area (Å²) in [5.74, 6) is 0.680. The molecule has 2 rings (SSSR count). The van der Waals surface area contributed by atoms with Crippen molar-refractivity contribution in [2.75, 3.05) is 0 Å². The van der Waals surface area contributed by atoms with Gasteiger partial charge in [0.1, 0.15) is 12.2 Å². The molecule has 0 aliphatic carbocycles. The lowest BCUT2D eigenvalue weighted by molar-refractivity contribution is 0.787. The van der Waals surface area contributed by atoms with Gasteiger partial charge in [0.15, 0.2) is 0 Å². The first kappa shape index (κ1) is 8.86. The zero-order valence-electron chi connectivity index (χ0n) is 6.57. The van der Waals surface area contributed by atoms with Crippen molar-refractivity contribution < 1.29 is 0 Å². The zero-order valence-corrected chi connectivity index (χ0v) is 8.97. The molecule has 2 aromatic rings. The fourth-order valence-electron chi connectivity index (χ4n) is 1.03. The molecule has 0 spiro atoms. The van der Waals surface area contributed by atoms with Gasteiger partial charge in [-0.3, -0.25) is 5.10 Å². The molecule has 3 N–H and O–H groups in total. The minimum absolute atomic E-state index is 0.233. The van der Waals surface area contributed by atoms with Gasteiger partial charge in [0.25, 0.3) is 0 Å². The SMILES string of the molecule is NC(c1ncn[nH]1)c1cscc1Br. The molecule has 0 aromatic carbocycles. The molecular formula is C7H7BrN4S. The van der Waals surface area contributed by atoms with E-state index in [9.17, 15) is 0 Å². The molecule has 0 saturated carbocycles. The summed E-state index contributed by atoms with van der Waals surface area (Å²) in [6, 6.07) is -0.233. The van der Waals surface area contributed by atoms with Crippen molar-refractivity contribution in [1.29, 1.82) is 0 Å². The highest BCUT2D eigenvalue weighted by Gasteiger charge is 2.14. The standard InChI is InChI=1S/C7H7BrN4S/c8-5-2-13-1-4(5)6(9)7-10-3-11-12-7/h1-3,6H,9H2,(H,10,11,12). The summed E-state index contributed by atoms with van der Waals surface area (Å²) in [4.78, 5) is 4.01. The van der Waals surface area contributed by atoms with Crippen molar-refractivity contribution in [1.82, 2.24) is 15.2 Å². The number of H-pyrrole nitrogens is 1. The maximum Gasteiger partial charge on any atom is 0.145 e. The van der Waals surface area contributed by atoms with Crippen LogP contribution in [0.25, 0.3) is 0 Å². The van der Waals surface area contributed by atoms with Crippen LogP contribution in [0.1, 0.15) is 17.4 Å². The predicted octanol–water partition coefficient (Wildman–Crippen LogP) is 1.68. The Balaban J connectivity index is 2.33. The molecule has 0 radical (unpaired) electrons. The van der Waals surface area contributed by atoms with Crippen LogP contribution < -0.4 is 5.73 Å². The first-order chi connectivity index (χ1) is 6.29. The number of nitrogens with two attached hydrogens (primary N) is 1. The maximum atomic E-state index is 5.95. The van der Waals surface area contributed by atoms with Crippen molar-refractivity contribution in [3.8, 4) is 0 Å². The number of rotatable bonds is 2. The van der Waals surface area contributed by atoms with Crippen LogP contribution in [0.4, 0.5) is 0 Å². The Bertz CT molecular complexity index is 383. The average Bonchev–Trinajstić information content (AvgIpc) is 2.72. The van der Waals surface area contributed by atoms with Gasteiger partial charge < -0.3 is 5.73 Å². The fourth-order valence-corrected chi connectivity index (χ4v) is 2.61. The third kappa shape index (κ3) is 1.65. The van der Waals surface area contributed by atoms with Crippen LogP contribution >= 0.6 is 27.3 Å². The second-order valence-corrected chi connectivity index (χ2v) is 4.12. The zero-order chi connectivity index (χ0) is 9.26. The quantitative estimate of drug-likeness (QED) is 0.862. The monoisotopic (exact) mass is 258 g/mol. The molecule has 6 heteroatoms. The van der Waals surface area contributed by atoms with E-state index in [1.165, 1.54) is 6.33 Å². The summed E-state index contributed by atoms with van der Waals surface area (Å²) in [5.41, 5.74) is 6.98. The third-order valence-corrected chi connectivity index (χ3v) is 3.46. The van der Waals surface area contributed by atoms with Crippen LogP contribution in [0, 0.1) is 0 Å². The molecule has 68 valence electrons. The first-order valence-electron chi connectivity index (χ1n) is 3.61. The van der Waals surface area contributed by atoms with E-state index in [2.05, 4.69) is 31.1 Å². The summed E-state index contributed by atoms with van der Waals surface area (Å²) in [5, 5.41) is 10.5. The highest BCUT2D eigenvalue weighted by atomic mass is 79.9. The van der Waals surface area contributed by atoms with Crippen LogP contribution in [0.3, 0.4) is 0 Å². The van der Waals surface area contributed by atoms with Crippen LogP contribution in [0.2, 0.25) is 0 Å². The lowest BCUT2D eigenvalue weighted by Crippen LogP contribution is -2.13. The second-order valence-electron chi connectivity index (χ2n) is 2.52. The van der Waals surface area contributed by atoms with Gasteiger partial charge in [0, 0.05) is 15.4 Å². The van der Waals surface area contributed by atoms with E-state index in [1.807, 2.05) is 10.8 Å². The molecule has 1 atom stereocenters. The lowest BCUT2D eigenvalue weighted by atomic mass is 10.1.